The highest BCUT2D eigenvalue weighted by Gasteiger charge is 2.18. The van der Waals surface area contributed by atoms with Crippen LogP contribution in [0.25, 0.3) is 10.9 Å². The molecule has 1 aromatic heterocycles. The van der Waals surface area contributed by atoms with Crippen LogP contribution >= 0.6 is 0 Å². The van der Waals surface area contributed by atoms with Gasteiger partial charge in [-0.05, 0) is 25.1 Å². The molecule has 1 amide bonds. The van der Waals surface area contributed by atoms with Gasteiger partial charge in [0.2, 0.25) is 0 Å². The smallest absolute Gasteiger partial charge is 0.282 e. The van der Waals surface area contributed by atoms with Crippen molar-refractivity contribution in [3.05, 3.63) is 29.5 Å². The van der Waals surface area contributed by atoms with Crippen molar-refractivity contribution in [2.45, 2.75) is 6.92 Å². The number of hydrogen-bond acceptors (Lipinski definition) is 4. The van der Waals surface area contributed by atoms with E-state index in [-0.39, 0.29) is 5.56 Å². The standard InChI is InChI=1S/C11H14N4O3S/c1-7-9-6-8(4-5-10(9)13-12-7)11(16)14-19(17,18)15(2)3/h4-6H,1-3H3,(H,12,13)(H,14,16). The number of amides is 1. The molecule has 0 fully saturated rings. The number of H-pyrrole nitrogens is 1. The molecule has 0 saturated heterocycles. The van der Waals surface area contributed by atoms with Gasteiger partial charge < -0.3 is 0 Å². The summed E-state index contributed by atoms with van der Waals surface area (Å²) < 4.78 is 26.1. The van der Waals surface area contributed by atoms with Crippen molar-refractivity contribution >= 4 is 27.0 Å². The van der Waals surface area contributed by atoms with Gasteiger partial charge in [-0.1, -0.05) is 0 Å². The lowest BCUT2D eigenvalue weighted by Crippen LogP contribution is -2.39. The Labute approximate surface area is 110 Å². The number of aromatic nitrogens is 2. The van der Waals surface area contributed by atoms with Crippen LogP contribution in [-0.2, 0) is 10.2 Å². The number of rotatable bonds is 3. The molecule has 2 aromatic rings. The van der Waals surface area contributed by atoms with Crippen LogP contribution in [0.4, 0.5) is 0 Å². The van der Waals surface area contributed by atoms with Crippen molar-refractivity contribution in [2.75, 3.05) is 14.1 Å². The largest absolute Gasteiger partial charge is 0.303 e. The van der Waals surface area contributed by atoms with Crippen molar-refractivity contribution in [2.24, 2.45) is 0 Å². The van der Waals surface area contributed by atoms with Crippen molar-refractivity contribution < 1.29 is 13.2 Å². The molecule has 1 heterocycles. The SMILES string of the molecule is Cc1[nH]nc2ccc(C(=O)NS(=O)(=O)N(C)C)cc12. The molecule has 0 radical (unpaired) electrons. The van der Waals surface area contributed by atoms with Gasteiger partial charge in [0.15, 0.2) is 0 Å². The minimum absolute atomic E-state index is 0.266. The number of carbonyl (C=O) groups excluding carboxylic acids is 1. The summed E-state index contributed by atoms with van der Waals surface area (Å²) >= 11 is 0. The first-order valence-electron chi connectivity index (χ1n) is 5.50. The molecule has 2 N–H and O–H groups in total. The third-order valence-corrected chi connectivity index (χ3v) is 4.11. The lowest BCUT2D eigenvalue weighted by Gasteiger charge is -2.12. The summed E-state index contributed by atoms with van der Waals surface area (Å²) in [6.45, 7) is 1.83. The summed E-state index contributed by atoms with van der Waals surface area (Å²) in [7, 11) is -1.09. The first-order chi connectivity index (χ1) is 8.81. The van der Waals surface area contributed by atoms with Gasteiger partial charge in [-0.25, -0.2) is 4.72 Å². The third kappa shape index (κ3) is 2.59. The van der Waals surface area contributed by atoms with Crippen LogP contribution in [0.3, 0.4) is 0 Å². The first-order valence-corrected chi connectivity index (χ1v) is 6.94. The Bertz CT molecular complexity index is 733. The van der Waals surface area contributed by atoms with E-state index >= 15 is 0 Å². The molecule has 0 aliphatic rings. The molecular formula is C11H14N4O3S. The van der Waals surface area contributed by atoms with E-state index in [0.717, 1.165) is 20.9 Å². The molecule has 0 aliphatic carbocycles. The van der Waals surface area contributed by atoms with Gasteiger partial charge in [-0.3, -0.25) is 9.89 Å². The maximum atomic E-state index is 11.9. The van der Waals surface area contributed by atoms with Crippen LogP contribution in [0.5, 0.6) is 0 Å². The fraction of sp³-hybridized carbons (Fsp3) is 0.273. The number of fused-ring (bicyclic) bond motifs is 1. The molecule has 7 nitrogen and oxygen atoms in total. The number of nitrogens with one attached hydrogen (secondary N) is 2. The van der Waals surface area contributed by atoms with E-state index in [2.05, 4.69) is 10.2 Å². The van der Waals surface area contributed by atoms with E-state index in [0.29, 0.717) is 0 Å². The molecule has 0 bridgehead atoms. The Morgan fingerprint density at radius 1 is 1.37 bits per heavy atom. The van der Waals surface area contributed by atoms with E-state index in [1.54, 1.807) is 12.1 Å². The minimum Gasteiger partial charge on any atom is -0.282 e. The molecule has 0 unspecified atom stereocenters. The van der Waals surface area contributed by atoms with E-state index in [4.69, 9.17) is 0 Å². The average Bonchev–Trinajstić information content (AvgIpc) is 2.70. The van der Waals surface area contributed by atoms with Crippen LogP contribution in [0.15, 0.2) is 18.2 Å². The third-order valence-electron chi connectivity index (χ3n) is 2.71. The summed E-state index contributed by atoms with van der Waals surface area (Å²) in [5.41, 5.74) is 1.81. The number of nitrogens with zero attached hydrogens (tertiary/aromatic N) is 2. The normalized spacial score (nSPS) is 12.0. The number of aryl methyl sites for hydroxylation is 1. The zero-order chi connectivity index (χ0) is 14.2. The van der Waals surface area contributed by atoms with E-state index in [9.17, 15) is 13.2 Å². The Hall–Kier alpha value is -1.93. The highest BCUT2D eigenvalue weighted by atomic mass is 32.2. The molecule has 0 aliphatic heterocycles. The van der Waals surface area contributed by atoms with Crippen molar-refractivity contribution in [1.82, 2.24) is 19.2 Å². The van der Waals surface area contributed by atoms with Gasteiger partial charge in [0, 0.05) is 30.7 Å². The number of carbonyl (C=O) groups is 1. The molecular weight excluding hydrogens is 268 g/mol. The van der Waals surface area contributed by atoms with Gasteiger partial charge >= 0.3 is 10.2 Å². The van der Waals surface area contributed by atoms with Crippen LogP contribution in [0, 0.1) is 6.92 Å². The zero-order valence-electron chi connectivity index (χ0n) is 10.8. The molecule has 0 spiro atoms. The first kappa shape index (κ1) is 13.5. The molecule has 0 saturated carbocycles. The molecule has 0 atom stereocenters. The predicted octanol–water partition coefficient (Wildman–Crippen LogP) is 0.408. The summed E-state index contributed by atoms with van der Waals surface area (Å²) in [5.74, 6) is -0.670. The van der Waals surface area contributed by atoms with Gasteiger partial charge in [0.05, 0.1) is 5.52 Å². The zero-order valence-corrected chi connectivity index (χ0v) is 11.6. The lowest BCUT2D eigenvalue weighted by atomic mass is 10.1. The second-order valence-corrected chi connectivity index (χ2v) is 6.18. The molecule has 19 heavy (non-hydrogen) atoms. The Morgan fingerprint density at radius 3 is 2.68 bits per heavy atom. The molecule has 2 rings (SSSR count). The van der Waals surface area contributed by atoms with Gasteiger partial charge in [0.1, 0.15) is 0 Å². The summed E-state index contributed by atoms with van der Waals surface area (Å²) in [6.07, 6.45) is 0. The molecule has 8 heteroatoms. The van der Waals surface area contributed by atoms with Gasteiger partial charge in [-0.15, -0.1) is 0 Å². The highest BCUT2D eigenvalue weighted by Crippen LogP contribution is 2.17. The minimum atomic E-state index is -3.79. The van der Waals surface area contributed by atoms with Crippen molar-refractivity contribution in [1.29, 1.82) is 0 Å². The van der Waals surface area contributed by atoms with Crippen molar-refractivity contribution in [3.8, 4) is 0 Å². The van der Waals surface area contributed by atoms with Gasteiger partial charge in [-0.2, -0.15) is 17.8 Å². The van der Waals surface area contributed by atoms with E-state index in [1.807, 2.05) is 11.6 Å². The quantitative estimate of drug-likeness (QED) is 0.852. The van der Waals surface area contributed by atoms with Crippen LogP contribution < -0.4 is 4.72 Å². The van der Waals surface area contributed by atoms with Gasteiger partial charge in [0.25, 0.3) is 5.91 Å². The van der Waals surface area contributed by atoms with Crippen LogP contribution in [0.2, 0.25) is 0 Å². The second-order valence-electron chi connectivity index (χ2n) is 4.30. The topological polar surface area (TPSA) is 95.2 Å². The Balaban J connectivity index is 2.34. The summed E-state index contributed by atoms with van der Waals surface area (Å²) in [5, 5.41) is 7.63. The molecule has 1 aromatic carbocycles. The number of benzene rings is 1. The predicted molar refractivity (Wildman–Crippen MR) is 70.9 cm³/mol. The number of aromatic amines is 1. The van der Waals surface area contributed by atoms with Crippen LogP contribution in [0.1, 0.15) is 16.1 Å². The van der Waals surface area contributed by atoms with E-state index in [1.165, 1.54) is 20.2 Å². The maximum absolute atomic E-state index is 11.9. The maximum Gasteiger partial charge on any atom is 0.303 e. The lowest BCUT2D eigenvalue weighted by molar-refractivity contribution is 0.0980. The van der Waals surface area contributed by atoms with Crippen LogP contribution in [-0.4, -0.2) is 42.9 Å². The van der Waals surface area contributed by atoms with Crippen molar-refractivity contribution in [3.63, 3.8) is 0 Å². The summed E-state index contributed by atoms with van der Waals surface area (Å²) in [4.78, 5) is 11.9. The highest BCUT2D eigenvalue weighted by molar-refractivity contribution is 7.87. The number of hydrogen-bond donors (Lipinski definition) is 2. The fourth-order valence-corrected chi connectivity index (χ4v) is 2.08. The Kier molecular flexibility index (Phi) is 3.29. The Morgan fingerprint density at radius 2 is 2.05 bits per heavy atom. The monoisotopic (exact) mass is 282 g/mol. The second kappa shape index (κ2) is 4.63. The summed E-state index contributed by atoms with van der Waals surface area (Å²) in [6, 6.07) is 4.80. The van der Waals surface area contributed by atoms with E-state index < -0.39 is 16.1 Å². The fourth-order valence-electron chi connectivity index (χ4n) is 1.55. The average molecular weight is 282 g/mol. The molecule has 102 valence electrons.